The Bertz CT molecular complexity index is 988. The first-order chi connectivity index (χ1) is 15.7. The minimum atomic E-state index is -4.83. The molecule has 0 spiro atoms. The van der Waals surface area contributed by atoms with E-state index < -0.39 is 12.1 Å². The summed E-state index contributed by atoms with van der Waals surface area (Å²) in [6, 6.07) is 2.28. The molecule has 2 aromatic rings. The first-order valence-corrected chi connectivity index (χ1v) is 11.6. The van der Waals surface area contributed by atoms with Crippen LogP contribution in [0.15, 0.2) is 18.5 Å². The monoisotopic (exact) mass is 465 g/mol. The molecular formula is C23H30F3N5O2. The predicted octanol–water partition coefficient (Wildman–Crippen LogP) is 4.22. The SMILES string of the molecule is CC(C)c1nc(-c2cnc(N)c(OC(F)(F)F)c2)cn1C1C2CC(N3CCCOCC3)CC21. The van der Waals surface area contributed by atoms with E-state index in [0.29, 0.717) is 35.2 Å². The van der Waals surface area contributed by atoms with Gasteiger partial charge in [-0.05, 0) is 37.2 Å². The number of nitrogens with zero attached hydrogens (tertiary/aromatic N) is 4. The van der Waals surface area contributed by atoms with Crippen LogP contribution in [0.4, 0.5) is 19.0 Å². The Hall–Kier alpha value is -2.33. The lowest BCUT2D eigenvalue weighted by molar-refractivity contribution is -0.274. The average Bonchev–Trinajstić information content (AvgIpc) is 3.08. The number of fused-ring (bicyclic) bond motifs is 1. The van der Waals surface area contributed by atoms with Crippen molar-refractivity contribution < 1.29 is 22.6 Å². The lowest BCUT2D eigenvalue weighted by Gasteiger charge is -2.29. The van der Waals surface area contributed by atoms with Crippen LogP contribution in [-0.4, -0.2) is 58.1 Å². The fourth-order valence-corrected chi connectivity index (χ4v) is 5.63. The summed E-state index contributed by atoms with van der Waals surface area (Å²) in [6.45, 7) is 7.94. The summed E-state index contributed by atoms with van der Waals surface area (Å²) in [5, 5.41) is 0. The second-order valence-electron chi connectivity index (χ2n) is 9.65. The zero-order valence-corrected chi connectivity index (χ0v) is 18.9. The van der Waals surface area contributed by atoms with Gasteiger partial charge in [0.05, 0.1) is 12.3 Å². The van der Waals surface area contributed by atoms with Gasteiger partial charge in [-0.25, -0.2) is 9.97 Å². The Labute approximate surface area is 191 Å². The van der Waals surface area contributed by atoms with Crippen LogP contribution in [0, 0.1) is 11.8 Å². The molecule has 2 atom stereocenters. The summed E-state index contributed by atoms with van der Waals surface area (Å²) in [6.07, 6.45) is 2.00. The van der Waals surface area contributed by atoms with Crippen molar-refractivity contribution in [3.05, 3.63) is 24.3 Å². The van der Waals surface area contributed by atoms with Gasteiger partial charge < -0.3 is 19.8 Å². The van der Waals surface area contributed by atoms with Crippen LogP contribution in [0.25, 0.3) is 11.3 Å². The Kier molecular flexibility index (Phi) is 5.76. The van der Waals surface area contributed by atoms with Crippen molar-refractivity contribution >= 4 is 5.82 Å². The quantitative estimate of drug-likeness (QED) is 0.712. The molecular weight excluding hydrogens is 435 g/mol. The van der Waals surface area contributed by atoms with Gasteiger partial charge in [-0.3, -0.25) is 4.90 Å². The highest BCUT2D eigenvalue weighted by Crippen LogP contribution is 2.62. The molecule has 2 saturated carbocycles. The Balaban J connectivity index is 1.35. The van der Waals surface area contributed by atoms with E-state index in [2.05, 4.69) is 33.0 Å². The molecule has 33 heavy (non-hydrogen) atoms. The second-order valence-corrected chi connectivity index (χ2v) is 9.65. The topological polar surface area (TPSA) is 78.4 Å². The molecule has 0 radical (unpaired) electrons. The number of hydrogen-bond acceptors (Lipinski definition) is 6. The molecule has 1 saturated heterocycles. The normalized spacial score (nSPS) is 28.1. The zero-order valence-electron chi connectivity index (χ0n) is 18.9. The number of hydrogen-bond donors (Lipinski definition) is 1. The number of nitrogens with two attached hydrogens (primary N) is 1. The van der Waals surface area contributed by atoms with Gasteiger partial charge >= 0.3 is 6.36 Å². The fourth-order valence-electron chi connectivity index (χ4n) is 5.63. The molecule has 0 amide bonds. The van der Waals surface area contributed by atoms with Crippen LogP contribution in [0.5, 0.6) is 5.75 Å². The summed E-state index contributed by atoms with van der Waals surface area (Å²) >= 11 is 0. The Morgan fingerprint density at radius 1 is 1.18 bits per heavy atom. The Morgan fingerprint density at radius 3 is 2.64 bits per heavy atom. The molecule has 2 N–H and O–H groups in total. The highest BCUT2D eigenvalue weighted by molar-refractivity contribution is 5.64. The van der Waals surface area contributed by atoms with Gasteiger partial charge in [0.1, 0.15) is 5.82 Å². The largest absolute Gasteiger partial charge is 0.573 e. The summed E-state index contributed by atoms with van der Waals surface area (Å²) in [4.78, 5) is 11.3. The van der Waals surface area contributed by atoms with Gasteiger partial charge in [0, 0.05) is 55.7 Å². The molecule has 2 unspecified atom stereocenters. The highest BCUT2D eigenvalue weighted by Gasteiger charge is 2.58. The van der Waals surface area contributed by atoms with E-state index in [0.717, 1.165) is 38.5 Å². The van der Waals surface area contributed by atoms with Gasteiger partial charge in [0.25, 0.3) is 0 Å². The van der Waals surface area contributed by atoms with Gasteiger partial charge in [0.2, 0.25) is 0 Å². The molecule has 2 aliphatic carbocycles. The zero-order chi connectivity index (χ0) is 23.3. The molecule has 3 fully saturated rings. The number of nitrogen functional groups attached to an aromatic ring is 1. The number of anilines is 1. The van der Waals surface area contributed by atoms with Crippen LogP contribution in [0.1, 0.15) is 50.9 Å². The molecule has 5 rings (SSSR count). The van der Waals surface area contributed by atoms with Crippen LogP contribution >= 0.6 is 0 Å². The molecule has 3 aliphatic rings. The summed E-state index contributed by atoms with van der Waals surface area (Å²) < 4.78 is 50.1. The van der Waals surface area contributed by atoms with Gasteiger partial charge in [-0.2, -0.15) is 0 Å². The van der Waals surface area contributed by atoms with Crippen molar-refractivity contribution in [1.82, 2.24) is 19.4 Å². The summed E-state index contributed by atoms with van der Waals surface area (Å²) in [5.74, 6) is 1.56. The van der Waals surface area contributed by atoms with E-state index in [1.165, 1.54) is 25.1 Å². The van der Waals surface area contributed by atoms with Crippen molar-refractivity contribution in [3.8, 4) is 17.0 Å². The number of imidazole rings is 1. The highest BCUT2D eigenvalue weighted by atomic mass is 19.4. The molecule has 10 heteroatoms. The van der Waals surface area contributed by atoms with Crippen molar-refractivity contribution in [2.24, 2.45) is 11.8 Å². The third-order valence-corrected chi connectivity index (χ3v) is 7.15. The number of rotatable bonds is 5. The van der Waals surface area contributed by atoms with E-state index in [-0.39, 0.29) is 11.7 Å². The number of aromatic nitrogens is 3. The number of alkyl halides is 3. The average molecular weight is 466 g/mol. The van der Waals surface area contributed by atoms with E-state index in [1.54, 1.807) is 0 Å². The first-order valence-electron chi connectivity index (χ1n) is 11.6. The lowest BCUT2D eigenvalue weighted by Crippen LogP contribution is -2.36. The third-order valence-electron chi connectivity index (χ3n) is 7.15. The summed E-state index contributed by atoms with van der Waals surface area (Å²) in [5.41, 5.74) is 6.63. The van der Waals surface area contributed by atoms with Crippen molar-refractivity contribution in [2.75, 3.05) is 32.0 Å². The Morgan fingerprint density at radius 2 is 1.94 bits per heavy atom. The fraction of sp³-hybridized carbons (Fsp3) is 0.652. The van der Waals surface area contributed by atoms with E-state index in [1.807, 2.05) is 6.20 Å². The van der Waals surface area contributed by atoms with Crippen LogP contribution in [0.2, 0.25) is 0 Å². The second kappa shape index (κ2) is 8.47. The van der Waals surface area contributed by atoms with E-state index >= 15 is 0 Å². The smallest absolute Gasteiger partial charge is 0.402 e. The maximum atomic E-state index is 12.7. The van der Waals surface area contributed by atoms with E-state index in [4.69, 9.17) is 15.5 Å². The van der Waals surface area contributed by atoms with Crippen LogP contribution < -0.4 is 10.5 Å². The van der Waals surface area contributed by atoms with Gasteiger partial charge in [-0.15, -0.1) is 13.2 Å². The third kappa shape index (κ3) is 4.55. The molecule has 1 aliphatic heterocycles. The number of ether oxygens (including phenoxy) is 2. The van der Waals surface area contributed by atoms with Gasteiger partial charge in [-0.1, -0.05) is 13.8 Å². The minimum absolute atomic E-state index is 0.186. The molecule has 2 aromatic heterocycles. The summed E-state index contributed by atoms with van der Waals surface area (Å²) in [7, 11) is 0. The predicted molar refractivity (Wildman–Crippen MR) is 117 cm³/mol. The maximum Gasteiger partial charge on any atom is 0.573 e. The number of pyridine rings is 1. The van der Waals surface area contributed by atoms with Crippen molar-refractivity contribution in [3.63, 3.8) is 0 Å². The molecule has 3 heterocycles. The molecule has 0 bridgehead atoms. The molecule has 180 valence electrons. The first kappa shape index (κ1) is 22.5. The van der Waals surface area contributed by atoms with Gasteiger partial charge in [0.15, 0.2) is 11.6 Å². The maximum absolute atomic E-state index is 12.7. The van der Waals surface area contributed by atoms with Crippen molar-refractivity contribution in [1.29, 1.82) is 0 Å². The minimum Gasteiger partial charge on any atom is -0.402 e. The van der Waals surface area contributed by atoms with Crippen LogP contribution in [0.3, 0.4) is 0 Å². The lowest BCUT2D eigenvalue weighted by atomic mass is 10.1. The van der Waals surface area contributed by atoms with E-state index in [9.17, 15) is 13.2 Å². The van der Waals surface area contributed by atoms with Crippen LogP contribution in [-0.2, 0) is 4.74 Å². The van der Waals surface area contributed by atoms with Crippen molar-refractivity contribution in [2.45, 2.75) is 57.5 Å². The molecule has 0 aromatic carbocycles. The molecule has 7 nitrogen and oxygen atoms in total. The number of halogens is 3. The standard InChI is InChI=1S/C23H30F3N5O2/c1-13(2)22-29-18(14-8-19(21(27)28-11-14)33-23(24,25)26)12-31(22)20-16-9-15(10-17(16)20)30-4-3-6-32-7-5-30/h8,11-13,15-17,20H,3-7,9-10H2,1-2H3,(H2,27,28).